The van der Waals surface area contributed by atoms with Gasteiger partial charge in [0, 0.05) is 29.2 Å². The normalized spacial score (nSPS) is 12.1. The number of methoxy groups -OCH3 is 1. The second-order valence-corrected chi connectivity index (χ2v) is 7.26. The van der Waals surface area contributed by atoms with Crippen LogP contribution in [0.3, 0.4) is 0 Å². The van der Waals surface area contributed by atoms with E-state index < -0.39 is 0 Å². The molecule has 0 spiro atoms. The highest BCUT2D eigenvalue weighted by molar-refractivity contribution is 7.99. The Morgan fingerprint density at radius 3 is 2.68 bits per heavy atom. The number of hydrogen-bond donors (Lipinski definition) is 1. The number of amides is 1. The maximum atomic E-state index is 11.9. The van der Waals surface area contributed by atoms with Gasteiger partial charge in [0.1, 0.15) is 6.10 Å². The predicted molar refractivity (Wildman–Crippen MR) is 94.4 cm³/mol. The zero-order valence-electron chi connectivity index (χ0n) is 12.9. The number of thioether (sulfide) groups is 1. The van der Waals surface area contributed by atoms with Crippen molar-refractivity contribution in [1.29, 1.82) is 0 Å². The molecule has 1 atom stereocenters. The van der Waals surface area contributed by atoms with Crippen molar-refractivity contribution in [2.24, 2.45) is 0 Å². The molecule has 1 heterocycles. The van der Waals surface area contributed by atoms with Crippen molar-refractivity contribution in [3.63, 3.8) is 0 Å². The molecular weight excluding hydrogens is 314 g/mol. The molecule has 1 aromatic heterocycles. The lowest BCUT2D eigenvalue weighted by Gasteiger charge is -2.14. The molecular formula is C17H21NO2S2. The molecule has 2 rings (SSSR count). The summed E-state index contributed by atoms with van der Waals surface area (Å²) < 4.78 is 5.46. The van der Waals surface area contributed by atoms with E-state index in [0.29, 0.717) is 12.3 Å². The Morgan fingerprint density at radius 2 is 2.05 bits per heavy atom. The summed E-state index contributed by atoms with van der Waals surface area (Å²) in [7, 11) is 1.68. The number of ether oxygens (including phenoxy) is 1. The second kappa shape index (κ2) is 8.98. The van der Waals surface area contributed by atoms with Crippen molar-refractivity contribution < 1.29 is 9.53 Å². The lowest BCUT2D eigenvalue weighted by Crippen LogP contribution is -2.30. The van der Waals surface area contributed by atoms with Gasteiger partial charge < -0.3 is 10.1 Å². The van der Waals surface area contributed by atoms with E-state index in [0.717, 1.165) is 10.6 Å². The summed E-state index contributed by atoms with van der Waals surface area (Å²) in [5, 5.41) is 2.95. The van der Waals surface area contributed by atoms with Crippen LogP contribution in [0.25, 0.3) is 0 Å². The van der Waals surface area contributed by atoms with Crippen LogP contribution in [0.5, 0.6) is 0 Å². The fourth-order valence-electron chi connectivity index (χ4n) is 2.02. The van der Waals surface area contributed by atoms with Crippen molar-refractivity contribution in [2.45, 2.75) is 18.8 Å². The number of hydrogen-bond acceptors (Lipinski definition) is 4. The van der Waals surface area contributed by atoms with Crippen LogP contribution in [0.2, 0.25) is 0 Å². The Kier molecular flexibility index (Phi) is 6.96. The van der Waals surface area contributed by atoms with Crippen LogP contribution in [-0.2, 0) is 15.3 Å². The highest BCUT2D eigenvalue weighted by Gasteiger charge is 2.13. The van der Waals surface area contributed by atoms with Gasteiger partial charge in [-0.3, -0.25) is 4.79 Å². The van der Waals surface area contributed by atoms with Gasteiger partial charge in [0.2, 0.25) is 5.91 Å². The third-order valence-electron chi connectivity index (χ3n) is 3.19. The topological polar surface area (TPSA) is 38.3 Å². The number of rotatable bonds is 8. The molecule has 0 unspecified atom stereocenters. The van der Waals surface area contributed by atoms with E-state index in [-0.39, 0.29) is 12.0 Å². The molecule has 1 amide bonds. The summed E-state index contributed by atoms with van der Waals surface area (Å²) in [6.45, 7) is 2.58. The van der Waals surface area contributed by atoms with Gasteiger partial charge in [-0.2, -0.15) is 0 Å². The van der Waals surface area contributed by atoms with E-state index in [2.05, 4.69) is 36.5 Å². The lowest BCUT2D eigenvalue weighted by molar-refractivity contribution is -0.119. The third kappa shape index (κ3) is 5.48. The summed E-state index contributed by atoms with van der Waals surface area (Å²) in [5.41, 5.74) is 1.24. The predicted octanol–water partition coefficient (Wildman–Crippen LogP) is 3.79. The zero-order valence-corrected chi connectivity index (χ0v) is 14.5. The highest BCUT2D eigenvalue weighted by Crippen LogP contribution is 2.24. The van der Waals surface area contributed by atoms with Gasteiger partial charge >= 0.3 is 0 Å². The molecule has 3 nitrogen and oxygen atoms in total. The Balaban J connectivity index is 1.70. The monoisotopic (exact) mass is 335 g/mol. The molecule has 0 aliphatic heterocycles. The average Bonchev–Trinajstić information content (AvgIpc) is 2.95. The van der Waals surface area contributed by atoms with E-state index in [9.17, 15) is 4.79 Å². The lowest BCUT2D eigenvalue weighted by atomic mass is 10.2. The van der Waals surface area contributed by atoms with E-state index in [1.807, 2.05) is 18.2 Å². The van der Waals surface area contributed by atoms with Crippen LogP contribution >= 0.6 is 23.1 Å². The summed E-state index contributed by atoms with van der Waals surface area (Å²) in [4.78, 5) is 14.3. The Labute approximate surface area is 140 Å². The summed E-state index contributed by atoms with van der Waals surface area (Å²) in [6, 6.07) is 14.3. The largest absolute Gasteiger partial charge is 0.374 e. The number of carbonyl (C=O) groups excluding carboxylic acids is 1. The molecule has 0 aliphatic carbocycles. The summed E-state index contributed by atoms with van der Waals surface area (Å²) in [6.07, 6.45) is -0.0678. The van der Waals surface area contributed by atoms with Crippen LogP contribution in [0.15, 0.2) is 42.5 Å². The minimum Gasteiger partial charge on any atom is -0.374 e. The number of nitrogens with one attached hydrogen (secondary N) is 1. The van der Waals surface area contributed by atoms with Gasteiger partial charge in [-0.15, -0.1) is 23.1 Å². The maximum Gasteiger partial charge on any atom is 0.230 e. The highest BCUT2D eigenvalue weighted by atomic mass is 32.2. The first kappa shape index (κ1) is 17.1. The van der Waals surface area contributed by atoms with E-state index in [4.69, 9.17) is 4.74 Å². The molecule has 5 heteroatoms. The Morgan fingerprint density at radius 1 is 1.27 bits per heavy atom. The van der Waals surface area contributed by atoms with Crippen molar-refractivity contribution in [3.8, 4) is 0 Å². The van der Waals surface area contributed by atoms with Crippen LogP contribution < -0.4 is 5.32 Å². The van der Waals surface area contributed by atoms with E-state index in [1.54, 1.807) is 30.2 Å². The molecule has 0 fully saturated rings. The number of carbonyl (C=O) groups is 1. The minimum atomic E-state index is -0.0678. The third-order valence-corrected chi connectivity index (χ3v) is 5.29. The fraction of sp³-hybridized carbons (Fsp3) is 0.353. The molecule has 22 heavy (non-hydrogen) atoms. The summed E-state index contributed by atoms with van der Waals surface area (Å²) in [5.74, 6) is 1.37. The molecule has 0 bridgehead atoms. The van der Waals surface area contributed by atoms with E-state index in [1.165, 1.54) is 10.4 Å². The quantitative estimate of drug-likeness (QED) is 0.797. The minimum absolute atomic E-state index is 0.0521. The smallest absolute Gasteiger partial charge is 0.230 e. The molecule has 0 aliphatic rings. The molecule has 0 saturated carbocycles. The van der Waals surface area contributed by atoms with Gasteiger partial charge in [-0.25, -0.2) is 0 Å². The molecule has 0 radical (unpaired) electrons. The first-order valence-corrected chi connectivity index (χ1v) is 9.13. The zero-order chi connectivity index (χ0) is 15.8. The number of thiophene rings is 1. The van der Waals surface area contributed by atoms with Crippen LogP contribution in [0.4, 0.5) is 0 Å². The second-order valence-electron chi connectivity index (χ2n) is 4.96. The van der Waals surface area contributed by atoms with Crippen molar-refractivity contribution >= 4 is 29.0 Å². The van der Waals surface area contributed by atoms with Crippen molar-refractivity contribution in [2.75, 3.05) is 19.4 Å². The molecule has 118 valence electrons. The standard InChI is InChI=1S/C17H21NO2S2/c1-13-8-9-16(22-13)15(20-2)10-18-17(19)12-21-11-14-6-4-3-5-7-14/h3-9,15H,10-12H2,1-2H3,(H,18,19)/t15-/m0/s1. The molecule has 1 N–H and O–H groups in total. The van der Waals surface area contributed by atoms with Gasteiger partial charge in [0.15, 0.2) is 0 Å². The van der Waals surface area contributed by atoms with E-state index >= 15 is 0 Å². The maximum absolute atomic E-state index is 11.9. The Bertz CT molecular complexity index is 583. The Hall–Kier alpha value is -1.30. The molecule has 0 saturated heterocycles. The fourth-order valence-corrected chi connectivity index (χ4v) is 3.79. The van der Waals surface area contributed by atoms with Crippen molar-refractivity contribution in [1.82, 2.24) is 5.32 Å². The van der Waals surface area contributed by atoms with Gasteiger partial charge in [0.25, 0.3) is 0 Å². The number of benzene rings is 1. The molecule has 1 aromatic carbocycles. The SMILES string of the molecule is CO[C@@H](CNC(=O)CSCc1ccccc1)c1ccc(C)s1. The van der Waals surface area contributed by atoms with Crippen molar-refractivity contribution in [3.05, 3.63) is 57.8 Å². The van der Waals surface area contributed by atoms with Crippen LogP contribution in [-0.4, -0.2) is 25.3 Å². The average molecular weight is 335 g/mol. The van der Waals surface area contributed by atoms with Gasteiger partial charge in [-0.05, 0) is 24.6 Å². The van der Waals surface area contributed by atoms with Crippen LogP contribution in [0, 0.1) is 6.92 Å². The van der Waals surface area contributed by atoms with Crippen LogP contribution in [0.1, 0.15) is 21.4 Å². The first-order chi connectivity index (χ1) is 10.7. The first-order valence-electron chi connectivity index (χ1n) is 7.16. The molecule has 2 aromatic rings. The van der Waals surface area contributed by atoms with Gasteiger partial charge in [-0.1, -0.05) is 30.3 Å². The van der Waals surface area contributed by atoms with Gasteiger partial charge in [0.05, 0.1) is 5.75 Å². The number of aryl methyl sites for hydroxylation is 1. The summed E-state index contributed by atoms with van der Waals surface area (Å²) >= 11 is 3.33.